The summed E-state index contributed by atoms with van der Waals surface area (Å²) < 4.78 is 40.0. The van der Waals surface area contributed by atoms with E-state index < -0.39 is 30.3 Å². The highest BCUT2D eigenvalue weighted by Crippen LogP contribution is 2.14. The van der Waals surface area contributed by atoms with Crippen molar-refractivity contribution in [1.29, 1.82) is 0 Å². The molecule has 0 radical (unpaired) electrons. The number of hydrogen-bond acceptors (Lipinski definition) is 3. The number of carbonyl (C=O) groups excluding carboxylic acids is 1. The highest BCUT2D eigenvalue weighted by atomic mass is 19.4. The summed E-state index contributed by atoms with van der Waals surface area (Å²) in [6, 6.07) is 2.26. The molecule has 2 N–H and O–H groups in total. The van der Waals surface area contributed by atoms with Gasteiger partial charge in [0.1, 0.15) is 12.2 Å². The first-order valence-electron chi connectivity index (χ1n) is 5.84. The van der Waals surface area contributed by atoms with Gasteiger partial charge in [-0.1, -0.05) is 0 Å². The minimum atomic E-state index is -4.40. The van der Waals surface area contributed by atoms with Crippen LogP contribution >= 0.6 is 0 Å². The number of aryl methyl sites for hydroxylation is 1. The lowest BCUT2D eigenvalue weighted by Gasteiger charge is -2.15. The lowest BCUT2D eigenvalue weighted by atomic mass is 10.2. The standard InChI is InChI=1S/C12H15F3N2O3/c1-7-3-4-9(10(18)16-7)11(19)17-8(2)5-20-6-12(13,14)15/h3-4,8H,5-6H2,1-2H3,(H,16,18)(H,17,19)/t8-/m1/s1. The van der Waals surface area contributed by atoms with Gasteiger partial charge >= 0.3 is 6.18 Å². The van der Waals surface area contributed by atoms with Crippen LogP contribution in [0.15, 0.2) is 16.9 Å². The average molecular weight is 292 g/mol. The van der Waals surface area contributed by atoms with Crippen LogP contribution in [0, 0.1) is 6.92 Å². The van der Waals surface area contributed by atoms with Crippen molar-refractivity contribution in [1.82, 2.24) is 10.3 Å². The fourth-order valence-electron chi connectivity index (χ4n) is 1.45. The molecule has 0 bridgehead atoms. The third-order valence-electron chi connectivity index (χ3n) is 2.31. The van der Waals surface area contributed by atoms with E-state index in [0.29, 0.717) is 5.69 Å². The maximum Gasteiger partial charge on any atom is 0.411 e. The van der Waals surface area contributed by atoms with E-state index in [2.05, 4.69) is 15.0 Å². The second-order valence-corrected chi connectivity index (χ2v) is 4.39. The van der Waals surface area contributed by atoms with Crippen molar-refractivity contribution in [2.45, 2.75) is 26.1 Å². The second-order valence-electron chi connectivity index (χ2n) is 4.39. The first-order valence-corrected chi connectivity index (χ1v) is 5.84. The van der Waals surface area contributed by atoms with Crippen LogP contribution in [0.3, 0.4) is 0 Å². The topological polar surface area (TPSA) is 71.2 Å². The monoisotopic (exact) mass is 292 g/mol. The molecule has 1 aromatic heterocycles. The van der Waals surface area contributed by atoms with E-state index in [4.69, 9.17) is 0 Å². The summed E-state index contributed by atoms with van der Waals surface area (Å²) in [7, 11) is 0. The zero-order valence-corrected chi connectivity index (χ0v) is 11.0. The van der Waals surface area contributed by atoms with Crippen molar-refractivity contribution in [3.63, 3.8) is 0 Å². The average Bonchev–Trinajstić information content (AvgIpc) is 2.26. The Kier molecular flexibility index (Phi) is 5.32. The normalized spacial score (nSPS) is 13.1. The van der Waals surface area contributed by atoms with Gasteiger partial charge in [0.25, 0.3) is 11.5 Å². The number of halogens is 3. The summed E-state index contributed by atoms with van der Waals surface area (Å²) in [5, 5.41) is 2.39. The van der Waals surface area contributed by atoms with Crippen molar-refractivity contribution in [3.05, 3.63) is 33.7 Å². The van der Waals surface area contributed by atoms with E-state index in [1.807, 2.05) is 0 Å². The zero-order valence-electron chi connectivity index (χ0n) is 11.0. The van der Waals surface area contributed by atoms with Crippen LogP contribution in [0.1, 0.15) is 23.0 Å². The Morgan fingerprint density at radius 2 is 2.10 bits per heavy atom. The summed E-state index contributed by atoms with van der Waals surface area (Å²) in [5.41, 5.74) is -0.0442. The summed E-state index contributed by atoms with van der Waals surface area (Å²) in [4.78, 5) is 25.7. The molecule has 1 rings (SSSR count). The van der Waals surface area contributed by atoms with Crippen LogP contribution in [-0.4, -0.2) is 36.3 Å². The molecule has 0 aliphatic carbocycles. The molecular weight excluding hydrogens is 277 g/mol. The van der Waals surface area contributed by atoms with Gasteiger partial charge in [0.15, 0.2) is 0 Å². The van der Waals surface area contributed by atoms with E-state index >= 15 is 0 Å². The van der Waals surface area contributed by atoms with E-state index in [-0.39, 0.29) is 12.2 Å². The summed E-state index contributed by atoms with van der Waals surface area (Å²) in [6.45, 7) is 1.47. The molecule has 8 heteroatoms. The molecule has 0 saturated heterocycles. The molecule has 1 atom stereocenters. The first-order chi connectivity index (χ1) is 9.19. The summed E-state index contributed by atoms with van der Waals surface area (Å²) in [6.07, 6.45) is -4.40. The van der Waals surface area contributed by atoms with Crippen molar-refractivity contribution in [3.8, 4) is 0 Å². The van der Waals surface area contributed by atoms with Gasteiger partial charge in [-0.25, -0.2) is 0 Å². The molecule has 5 nitrogen and oxygen atoms in total. The van der Waals surface area contributed by atoms with Crippen molar-refractivity contribution >= 4 is 5.91 Å². The minimum Gasteiger partial charge on any atom is -0.370 e. The molecule has 0 spiro atoms. The minimum absolute atomic E-state index is 0.0988. The smallest absolute Gasteiger partial charge is 0.370 e. The molecule has 0 unspecified atom stereocenters. The predicted molar refractivity (Wildman–Crippen MR) is 65.6 cm³/mol. The third-order valence-corrected chi connectivity index (χ3v) is 2.31. The Morgan fingerprint density at radius 3 is 2.65 bits per heavy atom. The highest BCUT2D eigenvalue weighted by molar-refractivity contribution is 5.93. The van der Waals surface area contributed by atoms with Gasteiger partial charge in [0.05, 0.1) is 6.61 Å². The van der Waals surface area contributed by atoms with Crippen molar-refractivity contribution < 1.29 is 22.7 Å². The van der Waals surface area contributed by atoms with Crippen LogP contribution in [0.2, 0.25) is 0 Å². The molecule has 0 aliphatic rings. The maximum absolute atomic E-state index is 11.9. The Hall–Kier alpha value is -1.83. The SMILES string of the molecule is Cc1ccc(C(=O)N[C@H](C)COCC(F)(F)F)c(=O)[nH]1. The molecule has 112 valence electrons. The Bertz CT molecular complexity index is 525. The number of hydrogen-bond donors (Lipinski definition) is 2. The van der Waals surface area contributed by atoms with Crippen LogP contribution < -0.4 is 10.9 Å². The number of ether oxygens (including phenoxy) is 1. The summed E-state index contributed by atoms with van der Waals surface area (Å²) in [5.74, 6) is -0.658. The largest absolute Gasteiger partial charge is 0.411 e. The fourth-order valence-corrected chi connectivity index (χ4v) is 1.45. The van der Waals surface area contributed by atoms with Gasteiger partial charge < -0.3 is 15.0 Å². The predicted octanol–water partition coefficient (Wildman–Crippen LogP) is 1.38. The number of nitrogens with one attached hydrogen (secondary N) is 2. The number of rotatable bonds is 5. The lowest BCUT2D eigenvalue weighted by Crippen LogP contribution is -2.39. The maximum atomic E-state index is 11.9. The Morgan fingerprint density at radius 1 is 1.45 bits per heavy atom. The highest BCUT2D eigenvalue weighted by Gasteiger charge is 2.27. The first kappa shape index (κ1) is 16.2. The molecule has 1 aromatic rings. The molecule has 0 aliphatic heterocycles. The fraction of sp³-hybridized carbons (Fsp3) is 0.500. The molecule has 1 heterocycles. The molecule has 20 heavy (non-hydrogen) atoms. The van der Waals surface area contributed by atoms with Crippen LogP contribution in [0.4, 0.5) is 13.2 Å². The van der Waals surface area contributed by atoms with Gasteiger partial charge in [-0.2, -0.15) is 13.2 Å². The van der Waals surface area contributed by atoms with Gasteiger partial charge in [0, 0.05) is 11.7 Å². The summed E-state index contributed by atoms with van der Waals surface area (Å²) >= 11 is 0. The third kappa shape index (κ3) is 5.43. The van der Waals surface area contributed by atoms with Crippen molar-refractivity contribution in [2.24, 2.45) is 0 Å². The number of amides is 1. The van der Waals surface area contributed by atoms with E-state index in [1.165, 1.54) is 13.0 Å². The van der Waals surface area contributed by atoms with Crippen LogP contribution in [-0.2, 0) is 4.74 Å². The van der Waals surface area contributed by atoms with E-state index in [1.54, 1.807) is 13.0 Å². The van der Waals surface area contributed by atoms with Gasteiger partial charge in [0.2, 0.25) is 0 Å². The van der Waals surface area contributed by atoms with E-state index in [0.717, 1.165) is 0 Å². The quantitative estimate of drug-likeness (QED) is 0.861. The van der Waals surface area contributed by atoms with Gasteiger partial charge in [-0.3, -0.25) is 9.59 Å². The Balaban J connectivity index is 2.51. The second kappa shape index (κ2) is 6.56. The molecule has 1 amide bonds. The zero-order chi connectivity index (χ0) is 15.3. The van der Waals surface area contributed by atoms with Gasteiger partial charge in [-0.15, -0.1) is 0 Å². The number of aromatic nitrogens is 1. The van der Waals surface area contributed by atoms with Crippen LogP contribution in [0.25, 0.3) is 0 Å². The number of alkyl halides is 3. The molecular formula is C12H15F3N2O3. The van der Waals surface area contributed by atoms with Crippen LogP contribution in [0.5, 0.6) is 0 Å². The van der Waals surface area contributed by atoms with Gasteiger partial charge in [-0.05, 0) is 26.0 Å². The molecule has 0 aromatic carbocycles. The Labute approximate surface area is 113 Å². The number of H-pyrrole nitrogens is 1. The number of aromatic amines is 1. The molecule has 0 fully saturated rings. The molecule has 0 saturated carbocycles. The lowest BCUT2D eigenvalue weighted by molar-refractivity contribution is -0.174. The number of pyridine rings is 1. The van der Waals surface area contributed by atoms with Crippen molar-refractivity contribution in [2.75, 3.05) is 13.2 Å². The van der Waals surface area contributed by atoms with E-state index in [9.17, 15) is 22.8 Å². The number of carbonyl (C=O) groups is 1.